The van der Waals surface area contributed by atoms with Gasteiger partial charge in [-0.05, 0) is 0 Å². The van der Waals surface area contributed by atoms with E-state index in [-0.39, 0.29) is 0 Å². The van der Waals surface area contributed by atoms with E-state index in [1.807, 2.05) is 30.3 Å². The van der Waals surface area contributed by atoms with Crippen molar-refractivity contribution >= 4 is 5.78 Å². The van der Waals surface area contributed by atoms with Crippen LogP contribution in [-0.2, 0) is 0 Å². The average molecular weight is 185 g/mol. The van der Waals surface area contributed by atoms with Gasteiger partial charge in [0.2, 0.25) is 0 Å². The molecular formula is C9H7N5. The average Bonchev–Trinajstić information content (AvgIpc) is 2.78. The molecule has 68 valence electrons. The van der Waals surface area contributed by atoms with Crippen LogP contribution in [-0.4, -0.2) is 24.8 Å². The zero-order valence-electron chi connectivity index (χ0n) is 7.25. The van der Waals surface area contributed by atoms with Gasteiger partial charge in [0.15, 0.2) is 5.82 Å². The third-order valence-corrected chi connectivity index (χ3v) is 2.00. The second-order valence-corrected chi connectivity index (χ2v) is 2.91. The molecule has 0 saturated heterocycles. The van der Waals surface area contributed by atoms with Gasteiger partial charge in [-0.3, -0.25) is 5.10 Å². The van der Waals surface area contributed by atoms with E-state index < -0.39 is 0 Å². The second kappa shape index (κ2) is 2.66. The number of fused-ring (bicyclic) bond motifs is 1. The molecule has 5 heteroatoms. The maximum Gasteiger partial charge on any atom is 0.270 e. The van der Waals surface area contributed by atoms with Gasteiger partial charge in [0.1, 0.15) is 6.33 Å². The van der Waals surface area contributed by atoms with Crippen LogP contribution < -0.4 is 0 Å². The smallest absolute Gasteiger partial charge is 0.257 e. The van der Waals surface area contributed by atoms with Gasteiger partial charge in [-0.25, -0.2) is 0 Å². The van der Waals surface area contributed by atoms with Gasteiger partial charge < -0.3 is 0 Å². The molecule has 2 aromatic heterocycles. The van der Waals surface area contributed by atoms with Crippen LogP contribution in [0.25, 0.3) is 17.2 Å². The van der Waals surface area contributed by atoms with E-state index in [1.54, 1.807) is 4.63 Å². The zero-order chi connectivity index (χ0) is 9.38. The lowest BCUT2D eigenvalue weighted by Crippen LogP contribution is -1.85. The van der Waals surface area contributed by atoms with Crippen molar-refractivity contribution in [2.75, 3.05) is 0 Å². The standard InChI is InChI=1S/C9H7N5/c1-2-4-7(5-3-1)8-12-9-10-6-11-14(9)13-8/h1-6H,(H,10,11,12,13). The third-order valence-electron chi connectivity index (χ3n) is 2.00. The molecule has 0 aliphatic rings. The molecule has 0 radical (unpaired) electrons. The number of nitrogens with zero attached hydrogens (tertiary/aromatic N) is 4. The normalized spacial score (nSPS) is 10.9. The summed E-state index contributed by atoms with van der Waals surface area (Å²) in [5.74, 6) is 1.37. The van der Waals surface area contributed by atoms with Crippen LogP contribution in [0.4, 0.5) is 0 Å². The van der Waals surface area contributed by atoms with Gasteiger partial charge in [0.05, 0.1) is 0 Å². The van der Waals surface area contributed by atoms with Crippen LogP contribution in [0.2, 0.25) is 0 Å². The first-order chi connectivity index (χ1) is 6.93. The number of aromatic amines is 1. The molecule has 0 aliphatic heterocycles. The van der Waals surface area contributed by atoms with E-state index in [1.165, 1.54) is 6.33 Å². The van der Waals surface area contributed by atoms with Crippen molar-refractivity contribution in [1.29, 1.82) is 0 Å². The maximum absolute atomic E-state index is 4.28. The van der Waals surface area contributed by atoms with Crippen molar-refractivity contribution in [3.05, 3.63) is 36.7 Å². The predicted octanol–water partition coefficient (Wildman–Crippen LogP) is 1.12. The lowest BCUT2D eigenvalue weighted by atomic mass is 10.2. The van der Waals surface area contributed by atoms with E-state index in [2.05, 4.69) is 20.2 Å². The Bertz CT molecular complexity index is 522. The minimum absolute atomic E-state index is 0.587. The molecule has 1 N–H and O–H groups in total. The Morgan fingerprint density at radius 1 is 1.14 bits per heavy atom. The molecule has 0 bridgehead atoms. The summed E-state index contributed by atoms with van der Waals surface area (Å²) in [7, 11) is 0. The van der Waals surface area contributed by atoms with Gasteiger partial charge in [-0.15, -0.1) is 9.73 Å². The fourth-order valence-corrected chi connectivity index (χ4v) is 1.34. The van der Waals surface area contributed by atoms with Crippen LogP contribution in [0.1, 0.15) is 0 Å². The SMILES string of the molecule is c1ccc(-c2nc3ncnn3[nH]2)cc1. The first-order valence-electron chi connectivity index (χ1n) is 4.25. The van der Waals surface area contributed by atoms with Crippen LogP contribution in [0.5, 0.6) is 0 Å². The molecule has 0 unspecified atom stereocenters. The van der Waals surface area contributed by atoms with Crippen molar-refractivity contribution in [3.8, 4) is 11.4 Å². The molecule has 5 nitrogen and oxygen atoms in total. The Morgan fingerprint density at radius 2 is 2.00 bits per heavy atom. The molecular weight excluding hydrogens is 178 g/mol. The highest BCUT2D eigenvalue weighted by atomic mass is 15.5. The Hall–Kier alpha value is -2.17. The topological polar surface area (TPSA) is 58.9 Å². The van der Waals surface area contributed by atoms with E-state index >= 15 is 0 Å². The van der Waals surface area contributed by atoms with Crippen molar-refractivity contribution in [1.82, 2.24) is 24.8 Å². The van der Waals surface area contributed by atoms with Crippen LogP contribution in [0.15, 0.2) is 36.7 Å². The molecule has 0 fully saturated rings. The molecule has 2 heterocycles. The molecule has 3 aromatic rings. The van der Waals surface area contributed by atoms with E-state index in [4.69, 9.17) is 0 Å². The fraction of sp³-hybridized carbons (Fsp3) is 0. The Labute approximate surface area is 79.4 Å². The molecule has 0 atom stereocenters. The summed E-state index contributed by atoms with van der Waals surface area (Å²) < 4.78 is 1.54. The molecule has 1 aromatic carbocycles. The molecule has 3 rings (SSSR count). The molecule has 0 amide bonds. The summed E-state index contributed by atoms with van der Waals surface area (Å²) in [6.45, 7) is 0. The fourth-order valence-electron chi connectivity index (χ4n) is 1.34. The van der Waals surface area contributed by atoms with Crippen molar-refractivity contribution < 1.29 is 0 Å². The minimum Gasteiger partial charge on any atom is -0.257 e. The zero-order valence-corrected chi connectivity index (χ0v) is 7.25. The van der Waals surface area contributed by atoms with Gasteiger partial charge >= 0.3 is 0 Å². The van der Waals surface area contributed by atoms with E-state index in [0.29, 0.717) is 5.78 Å². The monoisotopic (exact) mass is 185 g/mol. The Morgan fingerprint density at radius 3 is 2.79 bits per heavy atom. The number of hydrogen-bond donors (Lipinski definition) is 1. The van der Waals surface area contributed by atoms with Crippen LogP contribution in [0, 0.1) is 0 Å². The van der Waals surface area contributed by atoms with Crippen LogP contribution in [0.3, 0.4) is 0 Å². The molecule has 0 aliphatic carbocycles. The first kappa shape index (κ1) is 7.25. The third kappa shape index (κ3) is 0.990. The summed E-state index contributed by atoms with van der Waals surface area (Å²) in [6, 6.07) is 9.87. The maximum atomic E-state index is 4.28. The number of nitrogens with one attached hydrogen (secondary N) is 1. The quantitative estimate of drug-likeness (QED) is 0.618. The largest absolute Gasteiger partial charge is 0.270 e. The van der Waals surface area contributed by atoms with Crippen LogP contribution >= 0.6 is 0 Å². The number of rotatable bonds is 1. The van der Waals surface area contributed by atoms with Gasteiger partial charge in [-0.1, -0.05) is 30.3 Å². The van der Waals surface area contributed by atoms with Gasteiger partial charge in [-0.2, -0.15) is 9.97 Å². The number of aromatic nitrogens is 5. The van der Waals surface area contributed by atoms with Gasteiger partial charge in [0.25, 0.3) is 5.78 Å². The first-order valence-corrected chi connectivity index (χ1v) is 4.25. The highest BCUT2D eigenvalue weighted by molar-refractivity contribution is 5.56. The molecule has 14 heavy (non-hydrogen) atoms. The summed E-state index contributed by atoms with van der Waals surface area (Å²) >= 11 is 0. The highest BCUT2D eigenvalue weighted by Gasteiger charge is 2.04. The highest BCUT2D eigenvalue weighted by Crippen LogP contribution is 2.13. The van der Waals surface area contributed by atoms with Crippen molar-refractivity contribution in [2.45, 2.75) is 0 Å². The minimum atomic E-state index is 0.587. The lowest BCUT2D eigenvalue weighted by molar-refractivity contribution is 0.825. The molecule has 0 saturated carbocycles. The number of H-pyrrole nitrogens is 1. The predicted molar refractivity (Wildman–Crippen MR) is 50.6 cm³/mol. The van der Waals surface area contributed by atoms with Crippen molar-refractivity contribution in [3.63, 3.8) is 0 Å². The van der Waals surface area contributed by atoms with E-state index in [9.17, 15) is 0 Å². The summed E-state index contributed by atoms with van der Waals surface area (Å²) in [5, 5.41) is 6.98. The lowest BCUT2D eigenvalue weighted by Gasteiger charge is -1.92. The Balaban J connectivity index is 2.19. The summed E-state index contributed by atoms with van der Waals surface area (Å²) in [5.41, 5.74) is 1.03. The molecule has 0 spiro atoms. The number of hydrogen-bond acceptors (Lipinski definition) is 3. The number of benzene rings is 1. The van der Waals surface area contributed by atoms with Crippen molar-refractivity contribution in [2.24, 2.45) is 0 Å². The summed E-state index contributed by atoms with van der Waals surface area (Å²) in [4.78, 5) is 8.25. The Kier molecular flexibility index (Phi) is 1.38. The van der Waals surface area contributed by atoms with E-state index in [0.717, 1.165) is 11.4 Å². The second-order valence-electron chi connectivity index (χ2n) is 2.91. The van der Waals surface area contributed by atoms with Gasteiger partial charge in [0, 0.05) is 5.56 Å². The summed E-state index contributed by atoms with van der Waals surface area (Å²) in [6.07, 6.45) is 1.47.